The summed E-state index contributed by atoms with van der Waals surface area (Å²) in [6.45, 7) is 4.75. The number of hydrogen-bond acceptors (Lipinski definition) is 4. The molecule has 1 atom stereocenters. The summed E-state index contributed by atoms with van der Waals surface area (Å²) in [5.74, 6) is -0.00949. The normalized spacial score (nSPS) is 18.4. The van der Waals surface area contributed by atoms with Gasteiger partial charge >= 0.3 is 6.03 Å². The van der Waals surface area contributed by atoms with Gasteiger partial charge in [0.2, 0.25) is 0 Å². The second kappa shape index (κ2) is 8.79. The van der Waals surface area contributed by atoms with Crippen LogP contribution in [0.2, 0.25) is 0 Å². The molecule has 3 amide bonds. The molecule has 0 radical (unpaired) electrons. The molecule has 162 valence electrons. The fourth-order valence-electron chi connectivity index (χ4n) is 4.15. The predicted molar refractivity (Wildman–Crippen MR) is 123 cm³/mol. The third-order valence-electron chi connectivity index (χ3n) is 5.87. The van der Waals surface area contributed by atoms with Gasteiger partial charge in [-0.05, 0) is 30.7 Å². The SMILES string of the molecule is Cc1cccc(C2CC=NN2C(=O)N2CCN(c3cccc(C(=O)N(C)C)c3)CC2)c1. The van der Waals surface area contributed by atoms with Crippen LogP contribution in [0.4, 0.5) is 10.5 Å². The molecule has 31 heavy (non-hydrogen) atoms. The molecule has 0 aromatic heterocycles. The van der Waals surface area contributed by atoms with Crippen LogP contribution in [-0.4, -0.2) is 73.2 Å². The monoisotopic (exact) mass is 419 g/mol. The van der Waals surface area contributed by atoms with Gasteiger partial charge in [0.1, 0.15) is 0 Å². The van der Waals surface area contributed by atoms with Crippen molar-refractivity contribution in [1.82, 2.24) is 14.8 Å². The maximum absolute atomic E-state index is 13.2. The average molecular weight is 420 g/mol. The van der Waals surface area contributed by atoms with Crippen molar-refractivity contribution < 1.29 is 9.59 Å². The topological polar surface area (TPSA) is 59.5 Å². The van der Waals surface area contributed by atoms with Crippen molar-refractivity contribution in [2.75, 3.05) is 45.2 Å². The van der Waals surface area contributed by atoms with E-state index < -0.39 is 0 Å². The number of anilines is 1. The van der Waals surface area contributed by atoms with Crippen LogP contribution >= 0.6 is 0 Å². The number of amides is 3. The van der Waals surface area contributed by atoms with Gasteiger partial charge in [-0.25, -0.2) is 9.80 Å². The first-order valence-corrected chi connectivity index (χ1v) is 10.7. The van der Waals surface area contributed by atoms with E-state index >= 15 is 0 Å². The quantitative estimate of drug-likeness (QED) is 0.766. The van der Waals surface area contributed by atoms with E-state index in [1.54, 1.807) is 24.0 Å². The van der Waals surface area contributed by atoms with Gasteiger partial charge in [-0.1, -0.05) is 35.9 Å². The molecule has 1 saturated heterocycles. The first-order valence-electron chi connectivity index (χ1n) is 10.7. The number of aryl methyl sites for hydroxylation is 1. The molecule has 7 heteroatoms. The molecule has 0 bridgehead atoms. The Labute approximate surface area is 183 Å². The molecule has 0 N–H and O–H groups in total. The van der Waals surface area contributed by atoms with Crippen molar-refractivity contribution in [3.63, 3.8) is 0 Å². The number of urea groups is 1. The van der Waals surface area contributed by atoms with Crippen LogP contribution in [0.25, 0.3) is 0 Å². The maximum atomic E-state index is 13.2. The molecule has 2 aromatic rings. The molecule has 1 fully saturated rings. The molecule has 1 unspecified atom stereocenters. The van der Waals surface area contributed by atoms with E-state index in [0.29, 0.717) is 18.7 Å². The van der Waals surface area contributed by atoms with Crippen molar-refractivity contribution in [1.29, 1.82) is 0 Å². The van der Waals surface area contributed by atoms with Crippen molar-refractivity contribution >= 4 is 23.8 Å². The van der Waals surface area contributed by atoms with E-state index in [1.807, 2.05) is 41.4 Å². The van der Waals surface area contributed by atoms with Crippen molar-refractivity contribution in [3.05, 3.63) is 65.2 Å². The third-order valence-corrected chi connectivity index (χ3v) is 5.87. The standard InChI is InChI=1S/C24H29N5O2/c1-18-6-4-7-19(16-18)22-10-11-25-29(22)24(31)28-14-12-27(13-15-28)21-9-5-8-20(17-21)23(30)26(2)3/h4-9,11,16-17,22H,10,12-15H2,1-3H3. The van der Waals surface area contributed by atoms with Crippen LogP contribution in [0.1, 0.15) is 33.9 Å². The van der Waals surface area contributed by atoms with E-state index in [9.17, 15) is 9.59 Å². The van der Waals surface area contributed by atoms with Gasteiger partial charge < -0.3 is 14.7 Å². The lowest BCUT2D eigenvalue weighted by atomic mass is 10.0. The Kier molecular flexibility index (Phi) is 5.93. The summed E-state index contributed by atoms with van der Waals surface area (Å²) in [6, 6.07) is 15.9. The molecule has 0 saturated carbocycles. The Hall–Kier alpha value is -3.35. The van der Waals surface area contributed by atoms with Gasteiger partial charge in [-0.15, -0.1) is 0 Å². The third kappa shape index (κ3) is 4.40. The minimum absolute atomic E-state index is 0.00949. The second-order valence-electron chi connectivity index (χ2n) is 8.31. The zero-order valence-corrected chi connectivity index (χ0v) is 18.4. The predicted octanol–water partition coefficient (Wildman–Crippen LogP) is 3.37. The molecule has 0 spiro atoms. The van der Waals surface area contributed by atoms with Crippen LogP contribution in [0, 0.1) is 6.92 Å². The maximum Gasteiger partial charge on any atom is 0.341 e. The lowest BCUT2D eigenvalue weighted by Gasteiger charge is -2.38. The molecule has 7 nitrogen and oxygen atoms in total. The van der Waals surface area contributed by atoms with Crippen LogP contribution in [0.5, 0.6) is 0 Å². The summed E-state index contributed by atoms with van der Waals surface area (Å²) in [6.07, 6.45) is 2.57. The summed E-state index contributed by atoms with van der Waals surface area (Å²) < 4.78 is 0. The number of nitrogens with zero attached hydrogens (tertiary/aromatic N) is 5. The van der Waals surface area contributed by atoms with Gasteiger partial charge in [-0.3, -0.25) is 4.79 Å². The lowest BCUT2D eigenvalue weighted by molar-refractivity contribution is 0.0827. The second-order valence-corrected chi connectivity index (χ2v) is 8.31. The number of carbonyl (C=O) groups excluding carboxylic acids is 2. The number of rotatable bonds is 3. The molecule has 2 aliphatic rings. The highest BCUT2D eigenvalue weighted by molar-refractivity contribution is 5.94. The van der Waals surface area contributed by atoms with Gasteiger partial charge in [-0.2, -0.15) is 5.10 Å². The van der Waals surface area contributed by atoms with E-state index in [1.165, 1.54) is 5.56 Å². The summed E-state index contributed by atoms with van der Waals surface area (Å²) in [5, 5.41) is 6.01. The number of piperazine rings is 1. The van der Waals surface area contributed by atoms with Crippen molar-refractivity contribution in [3.8, 4) is 0 Å². The molecular formula is C24H29N5O2. The van der Waals surface area contributed by atoms with Gasteiger partial charge in [0.15, 0.2) is 0 Å². The minimum Gasteiger partial charge on any atom is -0.368 e. The Morgan fingerprint density at radius 3 is 2.45 bits per heavy atom. The number of carbonyl (C=O) groups is 2. The first kappa shape index (κ1) is 20.9. The summed E-state index contributed by atoms with van der Waals surface area (Å²) in [7, 11) is 3.51. The Morgan fingerprint density at radius 1 is 1.00 bits per heavy atom. The molecular weight excluding hydrogens is 390 g/mol. The number of hydrazone groups is 1. The lowest BCUT2D eigenvalue weighted by Crippen LogP contribution is -2.52. The highest BCUT2D eigenvalue weighted by Crippen LogP contribution is 2.30. The average Bonchev–Trinajstić information content (AvgIpc) is 3.28. The molecule has 2 aromatic carbocycles. The van der Waals surface area contributed by atoms with Gasteiger partial charge in [0.05, 0.1) is 6.04 Å². The summed E-state index contributed by atoms with van der Waals surface area (Å²) in [5.41, 5.74) is 3.98. The van der Waals surface area contributed by atoms with Crippen LogP contribution < -0.4 is 4.90 Å². The van der Waals surface area contributed by atoms with Crippen molar-refractivity contribution in [2.24, 2.45) is 5.10 Å². The fourth-order valence-corrected chi connectivity index (χ4v) is 4.15. The Bertz CT molecular complexity index is 995. The summed E-state index contributed by atoms with van der Waals surface area (Å²) >= 11 is 0. The molecule has 2 heterocycles. The van der Waals surface area contributed by atoms with Crippen LogP contribution in [0.3, 0.4) is 0 Å². The zero-order chi connectivity index (χ0) is 22.0. The van der Waals surface area contributed by atoms with E-state index in [-0.39, 0.29) is 18.0 Å². The minimum atomic E-state index is -0.0450. The summed E-state index contributed by atoms with van der Waals surface area (Å²) in [4.78, 5) is 31.1. The highest BCUT2D eigenvalue weighted by Gasteiger charge is 2.33. The Morgan fingerprint density at radius 2 is 1.74 bits per heavy atom. The number of hydrogen-bond donors (Lipinski definition) is 0. The molecule has 2 aliphatic heterocycles. The van der Waals surface area contributed by atoms with Gasteiger partial charge in [0, 0.05) is 64.2 Å². The smallest absolute Gasteiger partial charge is 0.341 e. The van der Waals surface area contributed by atoms with Crippen molar-refractivity contribution in [2.45, 2.75) is 19.4 Å². The van der Waals surface area contributed by atoms with Gasteiger partial charge in [0.25, 0.3) is 5.91 Å². The first-order chi connectivity index (χ1) is 14.9. The largest absolute Gasteiger partial charge is 0.368 e. The fraction of sp³-hybridized carbons (Fsp3) is 0.375. The van der Waals surface area contributed by atoms with Crippen LogP contribution in [0.15, 0.2) is 53.6 Å². The molecule has 0 aliphatic carbocycles. The highest BCUT2D eigenvalue weighted by atomic mass is 16.2. The Balaban J connectivity index is 1.41. The molecule has 4 rings (SSSR count). The van der Waals surface area contributed by atoms with E-state index in [2.05, 4.69) is 35.1 Å². The number of benzene rings is 2. The van der Waals surface area contributed by atoms with E-state index in [4.69, 9.17) is 0 Å². The zero-order valence-electron chi connectivity index (χ0n) is 18.4. The van der Waals surface area contributed by atoms with E-state index in [0.717, 1.165) is 30.8 Å². The van der Waals surface area contributed by atoms with Crippen LogP contribution in [-0.2, 0) is 0 Å².